The second kappa shape index (κ2) is 7.55. The fourth-order valence-corrected chi connectivity index (χ4v) is 2.78. The van der Waals surface area contributed by atoms with E-state index in [4.69, 9.17) is 0 Å². The molecule has 0 radical (unpaired) electrons. The van der Waals surface area contributed by atoms with Gasteiger partial charge in [-0.1, -0.05) is 44.2 Å². The summed E-state index contributed by atoms with van der Waals surface area (Å²) in [6.07, 6.45) is 2.42. The van der Waals surface area contributed by atoms with E-state index in [1.165, 1.54) is 18.4 Å². The van der Waals surface area contributed by atoms with Crippen molar-refractivity contribution in [1.82, 2.24) is 10.2 Å². The van der Waals surface area contributed by atoms with Crippen LogP contribution in [0.5, 0.6) is 0 Å². The van der Waals surface area contributed by atoms with Crippen molar-refractivity contribution in [1.29, 1.82) is 0 Å². The van der Waals surface area contributed by atoms with Gasteiger partial charge in [-0.3, -0.25) is 4.90 Å². The van der Waals surface area contributed by atoms with Crippen molar-refractivity contribution in [2.45, 2.75) is 51.7 Å². The molecule has 0 aromatic heterocycles. The van der Waals surface area contributed by atoms with Gasteiger partial charge < -0.3 is 5.32 Å². The lowest BCUT2D eigenvalue weighted by molar-refractivity contribution is 0.144. The number of benzene rings is 1. The number of rotatable bonds is 7. The first-order valence-corrected chi connectivity index (χ1v) is 7.09. The van der Waals surface area contributed by atoms with E-state index < -0.39 is 0 Å². The van der Waals surface area contributed by atoms with E-state index in [0.717, 1.165) is 0 Å². The largest absolute Gasteiger partial charge is 0.312 e. The Morgan fingerprint density at radius 1 is 1.11 bits per heavy atom. The van der Waals surface area contributed by atoms with Crippen LogP contribution in [0.1, 0.15) is 45.2 Å². The Balaban J connectivity index is 2.82. The van der Waals surface area contributed by atoms with Crippen LogP contribution in [0.25, 0.3) is 0 Å². The Labute approximate surface area is 112 Å². The number of nitrogens with one attached hydrogen (secondary N) is 1. The molecule has 0 aliphatic rings. The van der Waals surface area contributed by atoms with Crippen LogP contribution < -0.4 is 5.32 Å². The number of hydrogen-bond acceptors (Lipinski definition) is 2. The molecule has 2 atom stereocenters. The molecule has 0 aliphatic heterocycles. The second-order valence-electron chi connectivity index (χ2n) is 5.05. The molecule has 102 valence electrons. The highest BCUT2D eigenvalue weighted by atomic mass is 15.2. The van der Waals surface area contributed by atoms with Gasteiger partial charge in [0.15, 0.2) is 0 Å². The van der Waals surface area contributed by atoms with Gasteiger partial charge in [-0.15, -0.1) is 0 Å². The van der Waals surface area contributed by atoms with Gasteiger partial charge in [-0.2, -0.15) is 0 Å². The molecule has 1 N–H and O–H groups in total. The first-order chi connectivity index (χ1) is 8.65. The van der Waals surface area contributed by atoms with Crippen LogP contribution in [-0.4, -0.2) is 31.1 Å². The average Bonchev–Trinajstić information content (AvgIpc) is 2.42. The first kappa shape index (κ1) is 15.2. The van der Waals surface area contributed by atoms with Crippen molar-refractivity contribution >= 4 is 0 Å². The Hall–Kier alpha value is -0.860. The maximum absolute atomic E-state index is 3.46. The molecule has 0 saturated heterocycles. The highest BCUT2D eigenvalue weighted by Gasteiger charge is 2.24. The summed E-state index contributed by atoms with van der Waals surface area (Å²) in [5, 5.41) is 3.46. The summed E-state index contributed by atoms with van der Waals surface area (Å²) in [6, 6.07) is 12.3. The monoisotopic (exact) mass is 248 g/mol. The first-order valence-electron chi connectivity index (χ1n) is 7.09. The summed E-state index contributed by atoms with van der Waals surface area (Å²) in [6.45, 7) is 6.86. The predicted molar refractivity (Wildman–Crippen MR) is 79.8 cm³/mol. The Kier molecular flexibility index (Phi) is 6.37. The lowest BCUT2D eigenvalue weighted by Crippen LogP contribution is -2.44. The fourth-order valence-electron chi connectivity index (χ4n) is 2.78. The summed E-state index contributed by atoms with van der Waals surface area (Å²) in [7, 11) is 4.30. The molecule has 18 heavy (non-hydrogen) atoms. The van der Waals surface area contributed by atoms with E-state index in [9.17, 15) is 0 Å². The van der Waals surface area contributed by atoms with Gasteiger partial charge in [0.1, 0.15) is 0 Å². The minimum Gasteiger partial charge on any atom is -0.312 e. The van der Waals surface area contributed by atoms with Crippen LogP contribution in [0, 0.1) is 0 Å². The lowest BCUT2D eigenvalue weighted by atomic mass is 9.97. The molecule has 0 fully saturated rings. The Morgan fingerprint density at radius 3 is 2.11 bits per heavy atom. The van der Waals surface area contributed by atoms with E-state index in [1.807, 2.05) is 0 Å². The predicted octanol–water partition coefficient (Wildman–Crippen LogP) is 3.46. The molecule has 0 bridgehead atoms. The van der Waals surface area contributed by atoms with E-state index >= 15 is 0 Å². The van der Waals surface area contributed by atoms with Crippen molar-refractivity contribution < 1.29 is 0 Å². The highest BCUT2D eigenvalue weighted by molar-refractivity contribution is 5.20. The van der Waals surface area contributed by atoms with Crippen LogP contribution in [-0.2, 0) is 0 Å². The average molecular weight is 248 g/mol. The van der Waals surface area contributed by atoms with Crippen molar-refractivity contribution in [3.8, 4) is 0 Å². The maximum Gasteiger partial charge on any atom is 0.0472 e. The van der Waals surface area contributed by atoms with E-state index in [1.54, 1.807) is 0 Å². The van der Waals surface area contributed by atoms with E-state index in [0.29, 0.717) is 18.1 Å². The maximum atomic E-state index is 3.46. The van der Waals surface area contributed by atoms with Crippen molar-refractivity contribution in [3.05, 3.63) is 35.9 Å². The van der Waals surface area contributed by atoms with Crippen LogP contribution in [0.15, 0.2) is 30.3 Å². The lowest BCUT2D eigenvalue weighted by Gasteiger charge is -2.37. The third-order valence-electron chi connectivity index (χ3n) is 4.11. The zero-order valence-electron chi connectivity index (χ0n) is 12.5. The van der Waals surface area contributed by atoms with Gasteiger partial charge in [0, 0.05) is 18.1 Å². The molecule has 0 aliphatic carbocycles. The van der Waals surface area contributed by atoms with Crippen LogP contribution in [0.2, 0.25) is 0 Å². The molecule has 1 rings (SSSR count). The molecule has 2 unspecified atom stereocenters. The fraction of sp³-hybridized carbons (Fsp3) is 0.625. The Morgan fingerprint density at radius 2 is 1.67 bits per heavy atom. The molecule has 0 spiro atoms. The molecule has 0 amide bonds. The molecular weight excluding hydrogens is 220 g/mol. The molecule has 1 aromatic carbocycles. The van der Waals surface area contributed by atoms with Crippen LogP contribution >= 0.6 is 0 Å². The van der Waals surface area contributed by atoms with Gasteiger partial charge >= 0.3 is 0 Å². The minimum atomic E-state index is 0.386. The topological polar surface area (TPSA) is 15.3 Å². The molecular formula is C16H28N2. The van der Waals surface area contributed by atoms with Crippen molar-refractivity contribution in [2.75, 3.05) is 14.1 Å². The van der Waals surface area contributed by atoms with Gasteiger partial charge in [0.05, 0.1) is 0 Å². The van der Waals surface area contributed by atoms with E-state index in [-0.39, 0.29) is 0 Å². The zero-order valence-corrected chi connectivity index (χ0v) is 12.5. The molecule has 1 aromatic rings. The molecule has 2 nitrogen and oxygen atoms in total. The molecule has 2 heteroatoms. The number of likely N-dealkylation sites (N-methyl/N-ethyl adjacent to an activating group) is 2. The summed E-state index contributed by atoms with van der Waals surface area (Å²) in [5.41, 5.74) is 1.37. The Bertz CT molecular complexity index is 319. The summed E-state index contributed by atoms with van der Waals surface area (Å²) >= 11 is 0. The van der Waals surface area contributed by atoms with Crippen LogP contribution in [0.4, 0.5) is 0 Å². The summed E-state index contributed by atoms with van der Waals surface area (Å²) < 4.78 is 0. The smallest absolute Gasteiger partial charge is 0.0472 e. The second-order valence-corrected chi connectivity index (χ2v) is 5.05. The SMILES string of the molecule is CCC(CC)N(C)C(C)C(NC)c1ccccc1. The number of hydrogen-bond donors (Lipinski definition) is 1. The van der Waals surface area contributed by atoms with Gasteiger partial charge in [-0.05, 0) is 39.4 Å². The normalized spacial score (nSPS) is 15.1. The van der Waals surface area contributed by atoms with Gasteiger partial charge in [0.2, 0.25) is 0 Å². The molecule has 0 saturated carbocycles. The minimum absolute atomic E-state index is 0.386. The zero-order chi connectivity index (χ0) is 13.5. The standard InChI is InChI=1S/C16H28N2/c1-6-15(7-2)18(5)13(3)16(17-4)14-11-9-8-10-12-14/h8-13,15-17H,6-7H2,1-5H3. The van der Waals surface area contributed by atoms with Crippen molar-refractivity contribution in [2.24, 2.45) is 0 Å². The summed E-state index contributed by atoms with van der Waals surface area (Å²) in [5.74, 6) is 0. The van der Waals surface area contributed by atoms with E-state index in [2.05, 4.69) is 75.4 Å². The number of nitrogens with zero attached hydrogens (tertiary/aromatic N) is 1. The van der Waals surface area contributed by atoms with Crippen molar-refractivity contribution in [3.63, 3.8) is 0 Å². The van der Waals surface area contributed by atoms with Gasteiger partial charge in [-0.25, -0.2) is 0 Å². The highest BCUT2D eigenvalue weighted by Crippen LogP contribution is 2.22. The summed E-state index contributed by atoms with van der Waals surface area (Å²) in [4.78, 5) is 2.51. The quantitative estimate of drug-likeness (QED) is 0.795. The third kappa shape index (κ3) is 3.56. The third-order valence-corrected chi connectivity index (χ3v) is 4.11. The van der Waals surface area contributed by atoms with Gasteiger partial charge in [0.25, 0.3) is 0 Å². The molecule has 0 heterocycles. The van der Waals surface area contributed by atoms with Crippen LogP contribution in [0.3, 0.4) is 0 Å².